The number of rotatable bonds is 4. The minimum absolute atomic E-state index is 0.0575. The zero-order valence-corrected chi connectivity index (χ0v) is 17.1. The summed E-state index contributed by atoms with van der Waals surface area (Å²) in [7, 11) is 0. The van der Waals surface area contributed by atoms with Crippen molar-refractivity contribution >= 4 is 17.9 Å². The van der Waals surface area contributed by atoms with E-state index in [2.05, 4.69) is 17.2 Å². The number of likely N-dealkylation sites (tertiary alicyclic amines) is 1. The van der Waals surface area contributed by atoms with Crippen molar-refractivity contribution in [2.75, 3.05) is 13.1 Å². The Morgan fingerprint density at radius 3 is 2.23 bits per heavy atom. The molecule has 26 heavy (non-hydrogen) atoms. The van der Waals surface area contributed by atoms with Crippen LogP contribution in [0.15, 0.2) is 12.7 Å². The smallest absolute Gasteiger partial charge is 0.410 e. The van der Waals surface area contributed by atoms with E-state index in [-0.39, 0.29) is 24.3 Å². The molecule has 0 bridgehead atoms. The van der Waals surface area contributed by atoms with E-state index in [4.69, 9.17) is 4.74 Å². The maximum Gasteiger partial charge on any atom is 0.410 e. The molecule has 0 aromatic carbocycles. The van der Waals surface area contributed by atoms with Gasteiger partial charge in [0, 0.05) is 24.9 Å². The topological polar surface area (TPSA) is 87.7 Å². The molecule has 7 nitrogen and oxygen atoms in total. The minimum atomic E-state index is -1.22. The molecule has 0 spiro atoms. The summed E-state index contributed by atoms with van der Waals surface area (Å²) in [6.07, 6.45) is 1.68. The van der Waals surface area contributed by atoms with Crippen molar-refractivity contribution in [2.45, 2.75) is 71.6 Å². The third-order valence-electron chi connectivity index (χ3n) is 3.97. The van der Waals surface area contributed by atoms with Gasteiger partial charge in [-0.25, -0.2) is 4.79 Å². The van der Waals surface area contributed by atoms with Crippen LogP contribution in [0.3, 0.4) is 0 Å². The van der Waals surface area contributed by atoms with Gasteiger partial charge in [-0.2, -0.15) is 0 Å². The zero-order valence-electron chi connectivity index (χ0n) is 17.1. The lowest BCUT2D eigenvalue weighted by molar-refractivity contribution is -0.135. The SMILES string of the molecule is C=CC[C@@H]1CN(C(=O)OC(C)(C)C)C[C@@]1(NC(C)=O)C(=O)NC(C)(C)C. The summed E-state index contributed by atoms with van der Waals surface area (Å²) < 4.78 is 5.44. The van der Waals surface area contributed by atoms with Crippen molar-refractivity contribution in [2.24, 2.45) is 5.92 Å². The molecule has 2 N–H and O–H groups in total. The molecular formula is C19H33N3O4. The average Bonchev–Trinajstić information content (AvgIpc) is 2.75. The third kappa shape index (κ3) is 5.75. The first-order valence-electron chi connectivity index (χ1n) is 8.90. The fourth-order valence-electron chi connectivity index (χ4n) is 3.08. The molecular weight excluding hydrogens is 334 g/mol. The molecule has 1 heterocycles. The van der Waals surface area contributed by atoms with Crippen molar-refractivity contribution < 1.29 is 19.1 Å². The minimum Gasteiger partial charge on any atom is -0.444 e. The van der Waals surface area contributed by atoms with Crippen LogP contribution in [-0.4, -0.2) is 52.6 Å². The summed E-state index contributed by atoms with van der Waals surface area (Å²) >= 11 is 0. The van der Waals surface area contributed by atoms with Crippen molar-refractivity contribution in [3.05, 3.63) is 12.7 Å². The zero-order chi connectivity index (χ0) is 20.3. The number of allylic oxidation sites excluding steroid dienone is 1. The van der Waals surface area contributed by atoms with Crippen LogP contribution in [0.5, 0.6) is 0 Å². The Morgan fingerprint density at radius 1 is 1.23 bits per heavy atom. The molecule has 1 aliphatic rings. The predicted molar refractivity (Wildman–Crippen MR) is 101 cm³/mol. The molecule has 0 radical (unpaired) electrons. The van der Waals surface area contributed by atoms with Gasteiger partial charge in [-0.3, -0.25) is 9.59 Å². The van der Waals surface area contributed by atoms with E-state index in [1.165, 1.54) is 11.8 Å². The summed E-state index contributed by atoms with van der Waals surface area (Å²) in [5.41, 5.74) is -2.33. The maximum absolute atomic E-state index is 13.1. The van der Waals surface area contributed by atoms with E-state index >= 15 is 0 Å². The first-order valence-corrected chi connectivity index (χ1v) is 8.90. The number of carbonyl (C=O) groups excluding carboxylic acids is 3. The van der Waals surface area contributed by atoms with Crippen LogP contribution in [0, 0.1) is 5.92 Å². The van der Waals surface area contributed by atoms with E-state index in [0.717, 1.165) is 0 Å². The van der Waals surface area contributed by atoms with Gasteiger partial charge in [-0.05, 0) is 48.0 Å². The lowest BCUT2D eigenvalue weighted by atomic mass is 9.83. The summed E-state index contributed by atoms with van der Waals surface area (Å²) in [5.74, 6) is -0.925. The molecule has 3 amide bonds. The lowest BCUT2D eigenvalue weighted by Gasteiger charge is -2.36. The highest BCUT2D eigenvalue weighted by molar-refractivity contribution is 5.93. The van der Waals surface area contributed by atoms with Crippen LogP contribution in [0.4, 0.5) is 4.79 Å². The van der Waals surface area contributed by atoms with E-state index in [1.807, 2.05) is 20.8 Å². The number of hydrogen-bond donors (Lipinski definition) is 2. The van der Waals surface area contributed by atoms with Gasteiger partial charge in [0.2, 0.25) is 11.8 Å². The second-order valence-corrected chi connectivity index (χ2v) is 8.94. The van der Waals surface area contributed by atoms with Crippen LogP contribution in [-0.2, 0) is 14.3 Å². The maximum atomic E-state index is 13.1. The number of nitrogens with zero attached hydrogens (tertiary/aromatic N) is 1. The van der Waals surface area contributed by atoms with Gasteiger partial charge in [0.15, 0.2) is 0 Å². The summed E-state index contributed by atoms with van der Waals surface area (Å²) in [6.45, 7) is 16.5. The molecule has 148 valence electrons. The molecule has 0 aromatic heterocycles. The Kier molecular flexibility index (Phi) is 6.49. The molecule has 0 aliphatic carbocycles. The predicted octanol–water partition coefficient (Wildman–Crippen LogP) is 2.22. The molecule has 2 atom stereocenters. The van der Waals surface area contributed by atoms with Gasteiger partial charge in [-0.1, -0.05) is 6.08 Å². The molecule has 0 saturated carbocycles. The highest BCUT2D eigenvalue weighted by atomic mass is 16.6. The normalized spacial score (nSPS) is 23.3. The molecule has 1 fully saturated rings. The average molecular weight is 367 g/mol. The van der Waals surface area contributed by atoms with E-state index in [9.17, 15) is 14.4 Å². The molecule has 1 saturated heterocycles. The number of nitrogens with one attached hydrogen (secondary N) is 2. The highest BCUT2D eigenvalue weighted by Crippen LogP contribution is 2.33. The number of amides is 3. The number of carbonyl (C=O) groups is 3. The fraction of sp³-hybridized carbons (Fsp3) is 0.737. The van der Waals surface area contributed by atoms with Crippen LogP contribution in [0.25, 0.3) is 0 Å². The standard InChI is InChI=1S/C19H33N3O4/c1-9-10-14-11-22(16(25)26-18(6,7)8)12-19(14,20-13(2)23)15(24)21-17(3,4)5/h9,14H,1,10-12H2,2-8H3,(H,20,23)(H,21,24)/t14-,19+/m1/s1. The summed E-state index contributed by atoms with van der Waals surface area (Å²) in [4.78, 5) is 39.0. The van der Waals surface area contributed by atoms with Crippen LogP contribution in [0.1, 0.15) is 54.9 Å². The highest BCUT2D eigenvalue weighted by Gasteiger charge is 2.54. The number of hydrogen-bond acceptors (Lipinski definition) is 4. The third-order valence-corrected chi connectivity index (χ3v) is 3.97. The number of ether oxygens (including phenoxy) is 1. The Hall–Kier alpha value is -2.05. The fourth-order valence-corrected chi connectivity index (χ4v) is 3.08. The first-order chi connectivity index (χ1) is 11.7. The Balaban J connectivity index is 3.22. The van der Waals surface area contributed by atoms with Crippen molar-refractivity contribution in [3.63, 3.8) is 0 Å². The Labute approximate surface area is 156 Å². The molecule has 1 rings (SSSR count). The molecule has 0 aromatic rings. The van der Waals surface area contributed by atoms with E-state index < -0.39 is 22.8 Å². The summed E-state index contributed by atoms with van der Waals surface area (Å²) in [5, 5.41) is 5.75. The van der Waals surface area contributed by atoms with Crippen molar-refractivity contribution in [1.82, 2.24) is 15.5 Å². The van der Waals surface area contributed by atoms with Crippen molar-refractivity contribution in [3.8, 4) is 0 Å². The lowest BCUT2D eigenvalue weighted by Crippen LogP contribution is -2.65. The molecule has 7 heteroatoms. The monoisotopic (exact) mass is 367 g/mol. The van der Waals surface area contributed by atoms with Gasteiger partial charge in [0.1, 0.15) is 11.1 Å². The van der Waals surface area contributed by atoms with Gasteiger partial charge in [0.05, 0.1) is 6.54 Å². The van der Waals surface area contributed by atoms with Crippen LogP contribution in [0.2, 0.25) is 0 Å². The molecule has 1 aliphatic heterocycles. The van der Waals surface area contributed by atoms with Crippen LogP contribution >= 0.6 is 0 Å². The van der Waals surface area contributed by atoms with Gasteiger partial charge in [0.25, 0.3) is 0 Å². The van der Waals surface area contributed by atoms with Gasteiger partial charge in [-0.15, -0.1) is 6.58 Å². The van der Waals surface area contributed by atoms with Gasteiger partial charge < -0.3 is 20.3 Å². The van der Waals surface area contributed by atoms with Crippen molar-refractivity contribution in [1.29, 1.82) is 0 Å². The Morgan fingerprint density at radius 2 is 1.81 bits per heavy atom. The second-order valence-electron chi connectivity index (χ2n) is 8.94. The first kappa shape index (κ1) is 22.0. The summed E-state index contributed by atoms with van der Waals surface area (Å²) in [6, 6.07) is 0. The van der Waals surface area contributed by atoms with Gasteiger partial charge >= 0.3 is 6.09 Å². The quantitative estimate of drug-likeness (QED) is 0.746. The van der Waals surface area contributed by atoms with Crippen LogP contribution < -0.4 is 10.6 Å². The van der Waals surface area contributed by atoms with E-state index in [1.54, 1.807) is 26.8 Å². The van der Waals surface area contributed by atoms with E-state index in [0.29, 0.717) is 13.0 Å². The molecule has 0 unspecified atom stereocenters. The Bertz CT molecular complexity index is 574. The largest absolute Gasteiger partial charge is 0.444 e. The second kappa shape index (κ2) is 7.68.